The molecule has 2 aliphatic rings. The van der Waals surface area contributed by atoms with E-state index in [4.69, 9.17) is 4.74 Å². The third-order valence-corrected chi connectivity index (χ3v) is 5.99. The van der Waals surface area contributed by atoms with E-state index in [0.29, 0.717) is 23.9 Å². The van der Waals surface area contributed by atoms with E-state index in [1.54, 1.807) is 0 Å². The van der Waals surface area contributed by atoms with E-state index in [2.05, 4.69) is 20.7 Å². The molecule has 2 rings (SSSR count). The van der Waals surface area contributed by atoms with Crippen molar-refractivity contribution < 1.29 is 13.2 Å². The third-order valence-electron chi connectivity index (χ3n) is 3.74. The molecular formula is C12H22BrNO3S. The van der Waals surface area contributed by atoms with E-state index >= 15 is 0 Å². The number of nitrogens with one attached hydrogen (secondary N) is 1. The van der Waals surface area contributed by atoms with E-state index in [0.717, 1.165) is 25.7 Å². The molecule has 1 saturated carbocycles. The van der Waals surface area contributed by atoms with Crippen molar-refractivity contribution in [2.45, 2.75) is 49.5 Å². The van der Waals surface area contributed by atoms with Crippen molar-refractivity contribution in [2.24, 2.45) is 5.92 Å². The molecule has 1 aliphatic carbocycles. The summed E-state index contributed by atoms with van der Waals surface area (Å²) in [4.78, 5) is 0.555. The Hall–Kier alpha value is 0.350. The molecule has 0 amide bonds. The molecule has 0 aromatic carbocycles. The fraction of sp³-hybridized carbons (Fsp3) is 1.00. The predicted molar refractivity (Wildman–Crippen MR) is 75.4 cm³/mol. The molecule has 18 heavy (non-hydrogen) atoms. The van der Waals surface area contributed by atoms with Crippen LogP contribution in [0.1, 0.15) is 38.5 Å². The Morgan fingerprint density at radius 1 is 1.22 bits per heavy atom. The highest BCUT2D eigenvalue weighted by atomic mass is 79.9. The highest BCUT2D eigenvalue weighted by Gasteiger charge is 2.25. The Kier molecular flexibility index (Phi) is 5.47. The zero-order valence-corrected chi connectivity index (χ0v) is 13.0. The van der Waals surface area contributed by atoms with Gasteiger partial charge in [0.25, 0.3) is 0 Å². The summed E-state index contributed by atoms with van der Waals surface area (Å²) in [7, 11) is -3.17. The Bertz CT molecular complexity index is 354. The van der Waals surface area contributed by atoms with Gasteiger partial charge in [0.1, 0.15) is 0 Å². The first-order valence-corrected chi connectivity index (χ1v) is 9.35. The summed E-state index contributed by atoms with van der Waals surface area (Å²) < 4.78 is 31.9. The minimum Gasteiger partial charge on any atom is -0.377 e. The molecule has 106 valence electrons. The summed E-state index contributed by atoms with van der Waals surface area (Å²) in [5.41, 5.74) is 0. The number of hydrogen-bond acceptors (Lipinski definition) is 3. The van der Waals surface area contributed by atoms with E-state index in [9.17, 15) is 8.42 Å². The lowest BCUT2D eigenvalue weighted by atomic mass is 9.89. The Labute approximate surface area is 118 Å². The van der Waals surface area contributed by atoms with Crippen LogP contribution in [0.3, 0.4) is 0 Å². The molecule has 6 heteroatoms. The van der Waals surface area contributed by atoms with Crippen molar-refractivity contribution in [2.75, 3.05) is 18.9 Å². The molecule has 0 aromatic heterocycles. The third kappa shape index (κ3) is 4.79. The highest BCUT2D eigenvalue weighted by molar-refractivity contribution is 9.09. The number of alkyl halides is 1. The lowest BCUT2D eigenvalue weighted by Crippen LogP contribution is -2.36. The van der Waals surface area contributed by atoms with Gasteiger partial charge >= 0.3 is 0 Å². The van der Waals surface area contributed by atoms with Crippen molar-refractivity contribution >= 4 is 26.0 Å². The fourth-order valence-corrected chi connectivity index (χ4v) is 4.95. The van der Waals surface area contributed by atoms with Crippen LogP contribution >= 0.6 is 15.9 Å². The van der Waals surface area contributed by atoms with Crippen LogP contribution in [0.5, 0.6) is 0 Å². The van der Waals surface area contributed by atoms with Crippen molar-refractivity contribution in [3.05, 3.63) is 0 Å². The van der Waals surface area contributed by atoms with Gasteiger partial charge < -0.3 is 4.74 Å². The maximum Gasteiger partial charge on any atom is 0.214 e. The van der Waals surface area contributed by atoms with Gasteiger partial charge in [0.15, 0.2) is 0 Å². The predicted octanol–water partition coefficient (Wildman–Crippen LogP) is 2.04. The van der Waals surface area contributed by atoms with Crippen LogP contribution in [0.15, 0.2) is 0 Å². The van der Waals surface area contributed by atoms with Gasteiger partial charge in [0.05, 0.1) is 11.9 Å². The zero-order valence-electron chi connectivity index (χ0n) is 10.6. The average molecular weight is 340 g/mol. The van der Waals surface area contributed by atoms with Crippen LogP contribution in [0.25, 0.3) is 0 Å². The van der Waals surface area contributed by atoms with Crippen molar-refractivity contribution in [3.8, 4) is 0 Å². The summed E-state index contributed by atoms with van der Waals surface area (Å²) in [5.74, 6) is 0.597. The van der Waals surface area contributed by atoms with E-state index in [-0.39, 0.29) is 11.9 Å². The summed E-state index contributed by atoms with van der Waals surface area (Å²) >= 11 is 3.62. The first-order chi connectivity index (χ1) is 8.55. The van der Waals surface area contributed by atoms with Gasteiger partial charge in [-0.3, -0.25) is 0 Å². The molecule has 4 nitrogen and oxygen atoms in total. The minimum atomic E-state index is -3.17. The quantitative estimate of drug-likeness (QED) is 0.780. The van der Waals surface area contributed by atoms with Gasteiger partial charge in [-0.2, -0.15) is 0 Å². The summed E-state index contributed by atoms with van der Waals surface area (Å²) in [6.45, 7) is 1.28. The van der Waals surface area contributed by atoms with Gasteiger partial charge in [-0.15, -0.1) is 0 Å². The number of halogens is 1. The Balaban J connectivity index is 1.73. The number of hydrogen-bond donors (Lipinski definition) is 1. The van der Waals surface area contributed by atoms with Gasteiger partial charge in [-0.05, 0) is 38.0 Å². The van der Waals surface area contributed by atoms with E-state index in [1.807, 2.05) is 0 Å². The van der Waals surface area contributed by atoms with Crippen LogP contribution in [-0.4, -0.2) is 38.3 Å². The SMILES string of the molecule is O=S(=O)(CC1CCCO1)NCC1CCCC(Br)C1. The molecule has 1 aliphatic heterocycles. The standard InChI is InChI=1S/C12H22BrNO3S/c13-11-4-1-3-10(7-11)8-14-18(15,16)9-12-5-2-6-17-12/h10-12,14H,1-9H2. The fourth-order valence-electron chi connectivity index (χ4n) is 2.74. The minimum absolute atomic E-state index is 0.0993. The van der Waals surface area contributed by atoms with Crippen molar-refractivity contribution in [1.29, 1.82) is 0 Å². The molecule has 2 fully saturated rings. The number of ether oxygens (including phenoxy) is 1. The zero-order chi connectivity index (χ0) is 13.0. The maximum absolute atomic E-state index is 11.9. The molecule has 3 unspecified atom stereocenters. The summed E-state index contributed by atoms with van der Waals surface area (Å²) in [6.07, 6.45) is 6.35. The lowest BCUT2D eigenvalue weighted by Gasteiger charge is -2.25. The van der Waals surface area contributed by atoms with Crippen LogP contribution in [-0.2, 0) is 14.8 Å². The number of sulfonamides is 1. The van der Waals surface area contributed by atoms with Gasteiger partial charge in [-0.25, -0.2) is 13.1 Å². The highest BCUT2D eigenvalue weighted by Crippen LogP contribution is 2.28. The molecule has 1 heterocycles. The Morgan fingerprint density at radius 3 is 2.72 bits per heavy atom. The molecule has 0 radical (unpaired) electrons. The molecule has 1 saturated heterocycles. The smallest absolute Gasteiger partial charge is 0.214 e. The van der Waals surface area contributed by atoms with Crippen LogP contribution in [0.2, 0.25) is 0 Å². The number of rotatable bonds is 5. The molecule has 0 spiro atoms. The van der Waals surface area contributed by atoms with Crippen molar-refractivity contribution in [1.82, 2.24) is 4.72 Å². The lowest BCUT2D eigenvalue weighted by molar-refractivity contribution is 0.127. The van der Waals surface area contributed by atoms with Crippen LogP contribution in [0.4, 0.5) is 0 Å². The van der Waals surface area contributed by atoms with Gasteiger partial charge in [-0.1, -0.05) is 22.4 Å². The second-order valence-corrected chi connectivity index (χ2v) is 8.54. The maximum atomic E-state index is 11.9. The summed E-state index contributed by atoms with van der Waals surface area (Å²) in [6, 6.07) is 0. The van der Waals surface area contributed by atoms with Crippen molar-refractivity contribution in [3.63, 3.8) is 0 Å². The normalized spacial score (nSPS) is 33.7. The topological polar surface area (TPSA) is 55.4 Å². The molecule has 0 bridgehead atoms. The largest absolute Gasteiger partial charge is 0.377 e. The second kappa shape index (κ2) is 6.68. The van der Waals surface area contributed by atoms with Gasteiger partial charge in [0, 0.05) is 18.0 Å². The van der Waals surface area contributed by atoms with Gasteiger partial charge in [0.2, 0.25) is 10.0 Å². The molecule has 1 N–H and O–H groups in total. The first-order valence-electron chi connectivity index (χ1n) is 6.78. The van der Waals surface area contributed by atoms with Crippen LogP contribution < -0.4 is 4.72 Å². The molecule has 3 atom stereocenters. The Morgan fingerprint density at radius 2 is 2.06 bits per heavy atom. The van der Waals surface area contributed by atoms with Crippen LogP contribution in [0, 0.1) is 5.92 Å². The van der Waals surface area contributed by atoms with E-state index in [1.165, 1.54) is 12.8 Å². The second-order valence-electron chi connectivity index (χ2n) is 5.39. The molecular weight excluding hydrogens is 318 g/mol. The average Bonchev–Trinajstić information content (AvgIpc) is 2.79. The molecule has 0 aromatic rings. The first kappa shape index (κ1) is 14.8. The van der Waals surface area contributed by atoms with E-state index < -0.39 is 10.0 Å². The monoisotopic (exact) mass is 339 g/mol. The summed E-state index contributed by atoms with van der Waals surface area (Å²) in [5, 5.41) is 0.